The van der Waals surface area contributed by atoms with Gasteiger partial charge in [0.05, 0.1) is 17.7 Å². The minimum absolute atomic E-state index is 0.0250. The Balaban J connectivity index is 1.58. The van der Waals surface area contributed by atoms with Crippen molar-refractivity contribution in [2.45, 2.75) is 4.90 Å². The van der Waals surface area contributed by atoms with E-state index in [1.54, 1.807) is 30.3 Å². The van der Waals surface area contributed by atoms with Crippen LogP contribution in [0.5, 0.6) is 11.5 Å². The Labute approximate surface area is 187 Å². The molecule has 0 aliphatic heterocycles. The van der Waals surface area contributed by atoms with Gasteiger partial charge >= 0.3 is 0 Å². The van der Waals surface area contributed by atoms with Crippen LogP contribution in [-0.2, 0) is 14.8 Å². The van der Waals surface area contributed by atoms with E-state index in [-0.39, 0.29) is 22.9 Å². The molecule has 0 radical (unpaired) electrons. The average molecular weight is 509 g/mol. The number of benzene rings is 3. The van der Waals surface area contributed by atoms with Crippen LogP contribution in [0.4, 0.5) is 15.8 Å². The number of hydrogen-bond acceptors (Lipinski definition) is 5. The molecule has 0 aromatic heterocycles. The molecule has 162 valence electrons. The van der Waals surface area contributed by atoms with Crippen LogP contribution >= 0.6 is 15.9 Å². The summed E-state index contributed by atoms with van der Waals surface area (Å²) in [6, 6.07) is 16.3. The van der Waals surface area contributed by atoms with Crippen LogP contribution in [0.2, 0.25) is 0 Å². The Morgan fingerprint density at radius 2 is 1.65 bits per heavy atom. The molecule has 0 aliphatic carbocycles. The van der Waals surface area contributed by atoms with Gasteiger partial charge in [-0.3, -0.25) is 9.52 Å². The minimum atomic E-state index is -3.80. The summed E-state index contributed by atoms with van der Waals surface area (Å²) in [5.74, 6) is -0.244. The zero-order valence-corrected chi connectivity index (χ0v) is 18.7. The van der Waals surface area contributed by atoms with Crippen LogP contribution in [0.3, 0.4) is 0 Å². The maximum Gasteiger partial charge on any atom is 0.262 e. The lowest BCUT2D eigenvalue weighted by Gasteiger charge is -2.11. The number of carbonyl (C=O) groups excluding carboxylic acids is 1. The molecule has 0 saturated heterocycles. The van der Waals surface area contributed by atoms with Gasteiger partial charge in [0.15, 0.2) is 6.61 Å². The Morgan fingerprint density at radius 1 is 1.00 bits per heavy atom. The molecule has 0 unspecified atom stereocenters. The standard InChI is InChI=1S/C21H18BrFN2O5S/c1-29-16-5-3-15(4-6-16)25-31(27,28)18-9-7-17(8-10-18)30-13-21(26)24-20-11-2-14(22)12-19(20)23/h2-12,25H,13H2,1H3,(H,24,26). The fourth-order valence-corrected chi connectivity index (χ4v) is 3.91. The van der Waals surface area contributed by atoms with Crippen molar-refractivity contribution in [2.75, 3.05) is 23.8 Å². The molecule has 0 bridgehead atoms. The highest BCUT2D eigenvalue weighted by Gasteiger charge is 2.15. The Hall–Kier alpha value is -3.11. The number of nitrogens with one attached hydrogen (secondary N) is 2. The van der Waals surface area contributed by atoms with Gasteiger partial charge in [-0.1, -0.05) is 15.9 Å². The van der Waals surface area contributed by atoms with Gasteiger partial charge in [0.1, 0.15) is 17.3 Å². The maximum atomic E-state index is 13.8. The summed E-state index contributed by atoms with van der Waals surface area (Å²) in [4.78, 5) is 12.0. The highest BCUT2D eigenvalue weighted by atomic mass is 79.9. The van der Waals surface area contributed by atoms with Gasteiger partial charge < -0.3 is 14.8 Å². The molecule has 3 aromatic carbocycles. The second kappa shape index (κ2) is 9.80. The molecule has 7 nitrogen and oxygen atoms in total. The second-order valence-electron chi connectivity index (χ2n) is 6.27. The van der Waals surface area contributed by atoms with Crippen molar-refractivity contribution in [3.63, 3.8) is 0 Å². The van der Waals surface area contributed by atoms with Crippen LogP contribution in [0.15, 0.2) is 76.1 Å². The highest BCUT2D eigenvalue weighted by Crippen LogP contribution is 2.22. The van der Waals surface area contributed by atoms with Gasteiger partial charge in [-0.2, -0.15) is 0 Å². The van der Waals surface area contributed by atoms with Gasteiger partial charge in [0.25, 0.3) is 15.9 Å². The van der Waals surface area contributed by atoms with Crippen LogP contribution in [0, 0.1) is 5.82 Å². The summed E-state index contributed by atoms with van der Waals surface area (Å²) in [5.41, 5.74) is 0.417. The number of halogens is 2. The lowest BCUT2D eigenvalue weighted by Crippen LogP contribution is -2.20. The van der Waals surface area contributed by atoms with E-state index in [2.05, 4.69) is 26.0 Å². The first-order valence-corrected chi connectivity index (χ1v) is 11.2. The Bertz CT molecular complexity index is 1170. The number of amides is 1. The molecule has 0 saturated carbocycles. The van der Waals surface area contributed by atoms with Crippen LogP contribution in [0.25, 0.3) is 0 Å². The normalized spacial score (nSPS) is 10.9. The monoisotopic (exact) mass is 508 g/mol. The molecular weight excluding hydrogens is 491 g/mol. The van der Waals surface area contributed by atoms with E-state index in [4.69, 9.17) is 9.47 Å². The third kappa shape index (κ3) is 6.19. The Kier molecular flexibility index (Phi) is 7.13. The van der Waals surface area contributed by atoms with Crippen molar-refractivity contribution >= 4 is 43.2 Å². The van der Waals surface area contributed by atoms with Crippen molar-refractivity contribution in [3.05, 3.63) is 77.0 Å². The van der Waals surface area contributed by atoms with Crippen molar-refractivity contribution in [1.82, 2.24) is 0 Å². The van der Waals surface area contributed by atoms with Gasteiger partial charge in [-0.05, 0) is 66.7 Å². The van der Waals surface area contributed by atoms with Crippen molar-refractivity contribution in [3.8, 4) is 11.5 Å². The summed E-state index contributed by atoms with van der Waals surface area (Å²) in [6.45, 7) is -0.369. The molecule has 0 heterocycles. The fourth-order valence-electron chi connectivity index (χ4n) is 2.51. The van der Waals surface area contributed by atoms with Crippen LogP contribution in [-0.4, -0.2) is 28.0 Å². The maximum absolute atomic E-state index is 13.8. The molecule has 0 atom stereocenters. The van der Waals surface area contributed by atoms with Crippen LogP contribution in [0.1, 0.15) is 0 Å². The molecule has 1 amide bonds. The summed E-state index contributed by atoms with van der Waals surface area (Å²) in [7, 11) is -2.28. The van der Waals surface area contributed by atoms with E-state index in [9.17, 15) is 17.6 Å². The molecule has 0 fully saturated rings. The number of methoxy groups -OCH3 is 1. The number of hydrogen-bond donors (Lipinski definition) is 2. The summed E-state index contributed by atoms with van der Waals surface area (Å²) in [6.07, 6.45) is 0. The average Bonchev–Trinajstić information content (AvgIpc) is 2.75. The van der Waals surface area contributed by atoms with Gasteiger partial charge in [-0.15, -0.1) is 0 Å². The first-order chi connectivity index (χ1) is 14.8. The lowest BCUT2D eigenvalue weighted by molar-refractivity contribution is -0.118. The lowest BCUT2D eigenvalue weighted by atomic mass is 10.3. The third-order valence-corrected chi connectivity index (χ3v) is 5.94. The van der Waals surface area contributed by atoms with E-state index >= 15 is 0 Å². The van der Waals surface area contributed by atoms with Gasteiger partial charge in [-0.25, -0.2) is 12.8 Å². The molecular formula is C21H18BrFN2O5S. The molecule has 2 N–H and O–H groups in total. The molecule has 31 heavy (non-hydrogen) atoms. The summed E-state index contributed by atoms with van der Waals surface area (Å²) < 4.78 is 52.2. The number of rotatable bonds is 8. The number of sulfonamides is 1. The van der Waals surface area contributed by atoms with E-state index in [0.717, 1.165) is 0 Å². The van der Waals surface area contributed by atoms with Gasteiger partial charge in [0.2, 0.25) is 0 Å². The van der Waals surface area contributed by atoms with E-state index < -0.39 is 21.7 Å². The van der Waals surface area contributed by atoms with E-state index in [1.165, 1.54) is 43.5 Å². The summed E-state index contributed by atoms with van der Waals surface area (Å²) in [5, 5.41) is 2.40. The quantitative estimate of drug-likeness (QED) is 0.469. The zero-order chi connectivity index (χ0) is 22.4. The van der Waals surface area contributed by atoms with Crippen LogP contribution < -0.4 is 19.5 Å². The topological polar surface area (TPSA) is 93.7 Å². The second-order valence-corrected chi connectivity index (χ2v) is 8.86. The predicted molar refractivity (Wildman–Crippen MR) is 118 cm³/mol. The first kappa shape index (κ1) is 22.6. The van der Waals surface area contributed by atoms with Crippen molar-refractivity contribution in [1.29, 1.82) is 0 Å². The number of ether oxygens (including phenoxy) is 2. The summed E-state index contributed by atoms with van der Waals surface area (Å²) >= 11 is 3.14. The van der Waals surface area contributed by atoms with Gasteiger partial charge in [0, 0.05) is 10.2 Å². The van der Waals surface area contributed by atoms with Crippen molar-refractivity contribution in [2.24, 2.45) is 0 Å². The van der Waals surface area contributed by atoms with E-state index in [0.29, 0.717) is 15.9 Å². The number of carbonyl (C=O) groups is 1. The van der Waals surface area contributed by atoms with E-state index in [1.807, 2.05) is 0 Å². The molecule has 3 rings (SSSR count). The minimum Gasteiger partial charge on any atom is -0.497 e. The fraction of sp³-hybridized carbons (Fsp3) is 0.0952. The largest absolute Gasteiger partial charge is 0.497 e. The molecule has 3 aromatic rings. The molecule has 0 aliphatic rings. The third-order valence-electron chi connectivity index (χ3n) is 4.05. The number of anilines is 2. The van der Waals surface area contributed by atoms with Crippen molar-refractivity contribution < 1.29 is 27.1 Å². The molecule has 0 spiro atoms. The Morgan fingerprint density at radius 3 is 2.26 bits per heavy atom. The first-order valence-electron chi connectivity index (χ1n) is 8.91. The predicted octanol–water partition coefficient (Wildman–Crippen LogP) is 4.42. The smallest absolute Gasteiger partial charge is 0.262 e. The zero-order valence-electron chi connectivity index (χ0n) is 16.3. The SMILES string of the molecule is COc1ccc(NS(=O)(=O)c2ccc(OCC(=O)Nc3ccc(Br)cc3F)cc2)cc1. The highest BCUT2D eigenvalue weighted by molar-refractivity contribution is 9.10. The molecule has 10 heteroatoms.